The lowest BCUT2D eigenvalue weighted by Gasteiger charge is -2.26. The molecule has 0 spiro atoms. The Morgan fingerprint density at radius 1 is 0.944 bits per heavy atom. The fraction of sp³-hybridized carbons (Fsp3) is 0.600. The van der Waals surface area contributed by atoms with E-state index in [0.29, 0.717) is 17.7 Å². The van der Waals surface area contributed by atoms with Crippen LogP contribution in [0.15, 0.2) is 24.3 Å². The van der Waals surface area contributed by atoms with Gasteiger partial charge in [-0.1, -0.05) is 46.2 Å². The lowest BCUT2D eigenvalue weighted by molar-refractivity contribution is -0.143. The molecule has 1 aromatic rings. The molecule has 0 aliphatic rings. The molecule has 1 aromatic carbocycles. The zero-order chi connectivity index (χ0) is 27.4. The first-order valence-electron chi connectivity index (χ1n) is 12.1. The molecule has 202 valence electrons. The van der Waals surface area contributed by atoms with Crippen LogP contribution in [0.1, 0.15) is 46.1 Å². The van der Waals surface area contributed by atoms with Gasteiger partial charge in [0, 0.05) is 6.42 Å². The minimum atomic E-state index is -1.16. The molecule has 7 N–H and O–H groups in total. The highest BCUT2D eigenvalue weighted by molar-refractivity contribution is 7.98. The first kappa shape index (κ1) is 31.2. The third-order valence-electron chi connectivity index (χ3n) is 6.04. The Hall–Kier alpha value is -2.79. The molecule has 0 aliphatic carbocycles. The molecule has 3 amide bonds. The summed E-state index contributed by atoms with van der Waals surface area (Å²) in [5, 5.41) is 26.9. The number of nitrogens with one attached hydrogen (secondary N) is 3. The number of benzene rings is 1. The van der Waals surface area contributed by atoms with Gasteiger partial charge in [0.1, 0.15) is 23.9 Å². The maximum absolute atomic E-state index is 13.3. The van der Waals surface area contributed by atoms with E-state index < -0.39 is 47.9 Å². The molecule has 0 bridgehead atoms. The molecule has 1 rings (SSSR count). The van der Waals surface area contributed by atoms with E-state index in [2.05, 4.69) is 16.0 Å². The Morgan fingerprint density at radius 3 is 2.00 bits per heavy atom. The number of carbonyl (C=O) groups excluding carboxylic acids is 3. The number of aliphatic carboxylic acids is 1. The quantitative estimate of drug-likeness (QED) is 0.199. The predicted octanol–water partition coefficient (Wildman–Crippen LogP) is 1.26. The number of carboxylic acid groups (broad SMARTS) is 1. The third-order valence-corrected chi connectivity index (χ3v) is 6.69. The van der Waals surface area contributed by atoms with Crippen LogP contribution in [0.2, 0.25) is 0 Å². The van der Waals surface area contributed by atoms with Crippen LogP contribution in [-0.4, -0.2) is 70.1 Å². The lowest BCUT2D eigenvalue weighted by Crippen LogP contribution is -2.58. The summed E-state index contributed by atoms with van der Waals surface area (Å²) >= 11 is 1.48. The maximum atomic E-state index is 13.3. The van der Waals surface area contributed by atoms with Crippen molar-refractivity contribution >= 4 is 35.5 Å². The Labute approximate surface area is 217 Å². The topological polar surface area (TPSA) is 171 Å². The maximum Gasteiger partial charge on any atom is 0.326 e. The van der Waals surface area contributed by atoms with Gasteiger partial charge in [0.15, 0.2) is 0 Å². The van der Waals surface area contributed by atoms with Crippen molar-refractivity contribution in [2.24, 2.45) is 17.6 Å². The van der Waals surface area contributed by atoms with Gasteiger partial charge >= 0.3 is 5.97 Å². The van der Waals surface area contributed by atoms with E-state index in [-0.39, 0.29) is 30.4 Å². The third kappa shape index (κ3) is 10.1. The standard InChI is InChI=1S/C25H40N4O6S/c1-6-15(4)20(26)24(33)28-19(13-16-7-9-17(30)10-8-16)23(32)27-18(11-12-36-5)22(31)29-21(14(2)3)25(34)35/h7-10,14-15,18-21,30H,6,11-13,26H2,1-5H3,(H,27,32)(H,28,33)(H,29,31)(H,34,35). The second-order valence-corrected chi connectivity index (χ2v) is 10.2. The summed E-state index contributed by atoms with van der Waals surface area (Å²) < 4.78 is 0. The number of hydrogen-bond acceptors (Lipinski definition) is 7. The fourth-order valence-electron chi connectivity index (χ4n) is 3.40. The molecule has 0 saturated heterocycles. The van der Waals surface area contributed by atoms with Gasteiger partial charge in [0.05, 0.1) is 6.04 Å². The van der Waals surface area contributed by atoms with E-state index in [9.17, 15) is 29.4 Å². The molecular formula is C25H40N4O6S. The summed E-state index contributed by atoms with van der Waals surface area (Å²) in [5.74, 6) is -2.70. The van der Waals surface area contributed by atoms with Crippen LogP contribution in [0.5, 0.6) is 5.75 Å². The summed E-state index contributed by atoms with van der Waals surface area (Å²) in [6.45, 7) is 7.11. The summed E-state index contributed by atoms with van der Waals surface area (Å²) in [6.07, 6.45) is 2.91. The van der Waals surface area contributed by atoms with Crippen LogP contribution in [0, 0.1) is 11.8 Å². The fourth-order valence-corrected chi connectivity index (χ4v) is 3.87. The molecule has 11 heteroatoms. The van der Waals surface area contributed by atoms with Gasteiger partial charge in [-0.05, 0) is 48.0 Å². The van der Waals surface area contributed by atoms with Crippen molar-refractivity contribution in [3.8, 4) is 5.75 Å². The molecule has 5 atom stereocenters. The summed E-state index contributed by atoms with van der Waals surface area (Å²) in [7, 11) is 0. The molecule has 5 unspecified atom stereocenters. The monoisotopic (exact) mass is 524 g/mol. The van der Waals surface area contributed by atoms with E-state index in [1.807, 2.05) is 20.1 Å². The number of aromatic hydroxyl groups is 1. The molecule has 0 fully saturated rings. The minimum Gasteiger partial charge on any atom is -0.508 e. The zero-order valence-corrected chi connectivity index (χ0v) is 22.4. The van der Waals surface area contributed by atoms with Crippen molar-refractivity contribution in [1.29, 1.82) is 0 Å². The highest BCUT2D eigenvalue weighted by atomic mass is 32.2. The van der Waals surface area contributed by atoms with Crippen LogP contribution >= 0.6 is 11.8 Å². The molecule has 0 aliphatic heterocycles. The molecule has 0 saturated carbocycles. The second kappa shape index (κ2) is 15.4. The van der Waals surface area contributed by atoms with Crippen molar-refractivity contribution in [2.75, 3.05) is 12.0 Å². The average Bonchev–Trinajstić information content (AvgIpc) is 2.83. The van der Waals surface area contributed by atoms with Crippen LogP contribution in [-0.2, 0) is 25.6 Å². The largest absolute Gasteiger partial charge is 0.508 e. The van der Waals surface area contributed by atoms with Crippen molar-refractivity contribution in [1.82, 2.24) is 16.0 Å². The number of nitrogens with two attached hydrogens (primary N) is 1. The Balaban J connectivity index is 3.14. The SMILES string of the molecule is CCC(C)C(N)C(=O)NC(Cc1ccc(O)cc1)C(=O)NC(CCSC)C(=O)NC(C(=O)O)C(C)C. The Morgan fingerprint density at radius 2 is 1.50 bits per heavy atom. The Bertz CT molecular complexity index is 880. The molecule has 0 heterocycles. The van der Waals surface area contributed by atoms with Crippen LogP contribution in [0.25, 0.3) is 0 Å². The van der Waals surface area contributed by atoms with E-state index in [1.165, 1.54) is 23.9 Å². The first-order chi connectivity index (χ1) is 16.9. The number of carboxylic acids is 1. The first-order valence-corrected chi connectivity index (χ1v) is 13.5. The van der Waals surface area contributed by atoms with Crippen molar-refractivity contribution in [3.63, 3.8) is 0 Å². The normalized spacial score (nSPS) is 15.3. The van der Waals surface area contributed by atoms with Gasteiger partial charge in [0.2, 0.25) is 17.7 Å². The van der Waals surface area contributed by atoms with Gasteiger partial charge < -0.3 is 31.9 Å². The van der Waals surface area contributed by atoms with Crippen LogP contribution in [0.4, 0.5) is 0 Å². The summed E-state index contributed by atoms with van der Waals surface area (Å²) in [6, 6.07) is 2.27. The predicted molar refractivity (Wildman–Crippen MR) is 141 cm³/mol. The van der Waals surface area contributed by atoms with Crippen LogP contribution in [0.3, 0.4) is 0 Å². The number of rotatable bonds is 15. The van der Waals surface area contributed by atoms with E-state index in [1.54, 1.807) is 26.0 Å². The highest BCUT2D eigenvalue weighted by Gasteiger charge is 2.31. The molecule has 0 aromatic heterocycles. The smallest absolute Gasteiger partial charge is 0.326 e. The summed E-state index contributed by atoms with van der Waals surface area (Å²) in [5.41, 5.74) is 6.74. The van der Waals surface area contributed by atoms with Gasteiger partial charge in [-0.25, -0.2) is 4.79 Å². The van der Waals surface area contributed by atoms with Gasteiger partial charge in [-0.3, -0.25) is 14.4 Å². The highest BCUT2D eigenvalue weighted by Crippen LogP contribution is 2.13. The number of thioether (sulfide) groups is 1. The second-order valence-electron chi connectivity index (χ2n) is 9.25. The average molecular weight is 525 g/mol. The van der Waals surface area contributed by atoms with E-state index >= 15 is 0 Å². The zero-order valence-electron chi connectivity index (χ0n) is 21.6. The van der Waals surface area contributed by atoms with Crippen molar-refractivity contribution < 1.29 is 29.4 Å². The van der Waals surface area contributed by atoms with Gasteiger partial charge in [-0.2, -0.15) is 11.8 Å². The van der Waals surface area contributed by atoms with Gasteiger partial charge in [0.25, 0.3) is 0 Å². The molecule has 0 radical (unpaired) electrons. The van der Waals surface area contributed by atoms with Gasteiger partial charge in [-0.15, -0.1) is 0 Å². The number of hydrogen-bond donors (Lipinski definition) is 6. The molecule has 36 heavy (non-hydrogen) atoms. The Kier molecular flexibility index (Phi) is 13.3. The lowest BCUT2D eigenvalue weighted by atomic mass is 9.98. The van der Waals surface area contributed by atoms with E-state index in [0.717, 1.165) is 0 Å². The number of amides is 3. The number of phenols is 1. The summed E-state index contributed by atoms with van der Waals surface area (Å²) in [4.78, 5) is 50.6. The molecular weight excluding hydrogens is 484 g/mol. The van der Waals surface area contributed by atoms with Crippen LogP contribution < -0.4 is 21.7 Å². The minimum absolute atomic E-state index is 0.0644. The van der Waals surface area contributed by atoms with Crippen molar-refractivity contribution in [3.05, 3.63) is 29.8 Å². The van der Waals surface area contributed by atoms with Crippen molar-refractivity contribution in [2.45, 2.75) is 71.1 Å². The molecule has 10 nitrogen and oxygen atoms in total. The number of phenolic OH excluding ortho intramolecular Hbond substituents is 1. The number of carbonyl (C=O) groups is 4. The van der Waals surface area contributed by atoms with E-state index in [4.69, 9.17) is 5.73 Å².